The van der Waals surface area contributed by atoms with E-state index in [9.17, 15) is 8.78 Å². The van der Waals surface area contributed by atoms with Crippen molar-refractivity contribution in [3.63, 3.8) is 0 Å². The summed E-state index contributed by atoms with van der Waals surface area (Å²) in [4.78, 5) is 3.55. The van der Waals surface area contributed by atoms with Crippen LogP contribution in [0.15, 0.2) is 12.1 Å². The van der Waals surface area contributed by atoms with E-state index in [0.717, 1.165) is 9.75 Å². The Bertz CT molecular complexity index is 379. The summed E-state index contributed by atoms with van der Waals surface area (Å²) in [6.45, 7) is 0.652. The van der Waals surface area contributed by atoms with Crippen molar-refractivity contribution in [1.29, 1.82) is 0 Å². The van der Waals surface area contributed by atoms with Crippen LogP contribution >= 0.6 is 11.3 Å². The summed E-state index contributed by atoms with van der Waals surface area (Å²) in [5, 5.41) is 0. The first-order valence-electron chi connectivity index (χ1n) is 4.86. The molecule has 0 spiro atoms. The zero-order chi connectivity index (χ0) is 12.0. The molecule has 0 atom stereocenters. The van der Waals surface area contributed by atoms with E-state index in [4.69, 9.17) is 5.73 Å². The Balaban J connectivity index is 2.51. The molecule has 2 N–H and O–H groups in total. The van der Waals surface area contributed by atoms with Crippen molar-refractivity contribution in [3.05, 3.63) is 21.9 Å². The van der Waals surface area contributed by atoms with Crippen molar-refractivity contribution in [2.24, 2.45) is 5.73 Å². The van der Waals surface area contributed by atoms with E-state index in [2.05, 4.69) is 11.8 Å². The average molecular weight is 244 g/mol. The van der Waals surface area contributed by atoms with Crippen molar-refractivity contribution in [1.82, 2.24) is 4.90 Å². The van der Waals surface area contributed by atoms with Gasteiger partial charge in [-0.2, -0.15) is 0 Å². The molecule has 5 heteroatoms. The van der Waals surface area contributed by atoms with Crippen molar-refractivity contribution in [2.75, 3.05) is 20.1 Å². The van der Waals surface area contributed by atoms with Crippen LogP contribution < -0.4 is 5.73 Å². The van der Waals surface area contributed by atoms with E-state index in [0.29, 0.717) is 13.1 Å². The van der Waals surface area contributed by atoms with Crippen molar-refractivity contribution in [3.8, 4) is 11.8 Å². The lowest BCUT2D eigenvalue weighted by Crippen LogP contribution is -2.23. The Morgan fingerprint density at radius 3 is 2.88 bits per heavy atom. The molecule has 0 saturated carbocycles. The number of thiophene rings is 1. The molecule has 0 radical (unpaired) electrons. The second kappa shape index (κ2) is 6.59. The van der Waals surface area contributed by atoms with Crippen LogP contribution in [0.1, 0.15) is 9.75 Å². The first-order chi connectivity index (χ1) is 7.61. The first kappa shape index (κ1) is 13.1. The highest BCUT2D eigenvalue weighted by molar-refractivity contribution is 7.12. The molecule has 0 aromatic carbocycles. The van der Waals surface area contributed by atoms with Crippen molar-refractivity contribution in [2.45, 2.75) is 13.0 Å². The Morgan fingerprint density at radius 1 is 1.50 bits per heavy atom. The maximum Gasteiger partial charge on any atom is 0.251 e. The summed E-state index contributed by atoms with van der Waals surface area (Å²) in [5.74, 6) is 5.67. The van der Waals surface area contributed by atoms with E-state index in [-0.39, 0.29) is 6.54 Å². The van der Waals surface area contributed by atoms with Gasteiger partial charge in [-0.15, -0.1) is 11.3 Å². The van der Waals surface area contributed by atoms with Gasteiger partial charge in [0.15, 0.2) is 0 Å². The minimum Gasteiger partial charge on any atom is -0.320 e. The van der Waals surface area contributed by atoms with Crippen LogP contribution in [0.2, 0.25) is 0 Å². The molecule has 0 aliphatic heterocycles. The number of nitrogens with zero attached hydrogens (tertiary/aromatic N) is 1. The summed E-state index contributed by atoms with van der Waals surface area (Å²) >= 11 is 1.51. The Morgan fingerprint density at radius 2 is 2.25 bits per heavy atom. The van der Waals surface area contributed by atoms with Crippen molar-refractivity contribution >= 4 is 11.3 Å². The molecular weight excluding hydrogens is 230 g/mol. The highest BCUT2D eigenvalue weighted by Gasteiger charge is 2.08. The summed E-state index contributed by atoms with van der Waals surface area (Å²) in [7, 11) is 1.68. The topological polar surface area (TPSA) is 29.3 Å². The van der Waals surface area contributed by atoms with Gasteiger partial charge in [-0.05, 0) is 19.2 Å². The molecule has 1 aromatic heterocycles. The van der Waals surface area contributed by atoms with Gasteiger partial charge >= 0.3 is 0 Å². The Labute approximate surface area is 98.1 Å². The first-order valence-corrected chi connectivity index (χ1v) is 5.68. The van der Waals surface area contributed by atoms with Gasteiger partial charge in [0.25, 0.3) is 6.43 Å². The molecule has 0 aliphatic carbocycles. The lowest BCUT2D eigenvalue weighted by Gasteiger charge is -2.14. The maximum atomic E-state index is 12.1. The van der Waals surface area contributed by atoms with E-state index in [1.165, 1.54) is 11.3 Å². The van der Waals surface area contributed by atoms with E-state index < -0.39 is 6.43 Å². The molecule has 0 fully saturated rings. The molecule has 0 saturated heterocycles. The smallest absolute Gasteiger partial charge is 0.251 e. The van der Waals surface area contributed by atoms with Crippen LogP contribution in [-0.2, 0) is 6.54 Å². The second-order valence-electron chi connectivity index (χ2n) is 3.36. The fourth-order valence-electron chi connectivity index (χ4n) is 1.23. The lowest BCUT2D eigenvalue weighted by molar-refractivity contribution is 0.0979. The second-order valence-corrected chi connectivity index (χ2v) is 4.53. The third-order valence-corrected chi connectivity index (χ3v) is 2.84. The lowest BCUT2D eigenvalue weighted by atomic mass is 10.4. The largest absolute Gasteiger partial charge is 0.320 e. The number of nitrogens with two attached hydrogens (primary N) is 1. The summed E-state index contributed by atoms with van der Waals surface area (Å²) in [6.07, 6.45) is -2.29. The standard InChI is InChI=1S/C11H14F2N2S/c1-15(8-11(12)13)7-10-5-4-9(16-10)3-2-6-14/h4-5,11H,6-8,14H2,1H3. The van der Waals surface area contributed by atoms with Gasteiger partial charge in [-0.1, -0.05) is 11.8 Å². The number of hydrogen-bond acceptors (Lipinski definition) is 3. The fourth-order valence-corrected chi connectivity index (χ4v) is 2.20. The normalized spacial score (nSPS) is 10.6. The van der Waals surface area contributed by atoms with Gasteiger partial charge in [0.1, 0.15) is 0 Å². The molecule has 88 valence electrons. The van der Waals surface area contributed by atoms with Gasteiger partial charge in [-0.25, -0.2) is 8.78 Å². The predicted molar refractivity (Wildman–Crippen MR) is 62.6 cm³/mol. The van der Waals surface area contributed by atoms with Crippen LogP contribution in [0.25, 0.3) is 0 Å². The Hall–Kier alpha value is -0.960. The molecule has 2 nitrogen and oxygen atoms in total. The molecule has 16 heavy (non-hydrogen) atoms. The summed E-state index contributed by atoms with van der Waals surface area (Å²) in [5.41, 5.74) is 5.26. The monoisotopic (exact) mass is 244 g/mol. The van der Waals surface area contributed by atoms with Gasteiger partial charge in [-0.3, -0.25) is 4.90 Å². The number of rotatable bonds is 4. The molecule has 1 rings (SSSR count). The molecule has 1 aromatic rings. The van der Waals surface area contributed by atoms with E-state index in [1.54, 1.807) is 11.9 Å². The zero-order valence-corrected chi connectivity index (χ0v) is 9.86. The van der Waals surface area contributed by atoms with E-state index >= 15 is 0 Å². The quantitative estimate of drug-likeness (QED) is 0.818. The maximum absolute atomic E-state index is 12.1. The summed E-state index contributed by atoms with van der Waals surface area (Å²) < 4.78 is 24.2. The SMILES string of the molecule is CN(Cc1ccc(C#CCN)s1)CC(F)F. The molecule has 0 bridgehead atoms. The fraction of sp³-hybridized carbons (Fsp3) is 0.455. The molecule has 0 aliphatic rings. The molecule has 0 unspecified atom stereocenters. The van der Waals surface area contributed by atoms with Crippen molar-refractivity contribution < 1.29 is 8.78 Å². The van der Waals surface area contributed by atoms with Gasteiger partial charge in [0.2, 0.25) is 0 Å². The van der Waals surface area contributed by atoms with Gasteiger partial charge in [0, 0.05) is 11.4 Å². The number of alkyl halides is 2. The van der Waals surface area contributed by atoms with Crippen LogP contribution in [0, 0.1) is 11.8 Å². The number of hydrogen-bond donors (Lipinski definition) is 1. The molecule has 1 heterocycles. The third-order valence-electron chi connectivity index (χ3n) is 1.85. The van der Waals surface area contributed by atoms with Crippen LogP contribution in [0.3, 0.4) is 0 Å². The van der Waals surface area contributed by atoms with Crippen LogP contribution in [0.5, 0.6) is 0 Å². The van der Waals surface area contributed by atoms with Crippen LogP contribution in [0.4, 0.5) is 8.78 Å². The Kier molecular flexibility index (Phi) is 5.39. The molecular formula is C11H14F2N2S. The molecule has 0 amide bonds. The zero-order valence-electron chi connectivity index (χ0n) is 9.04. The van der Waals surface area contributed by atoms with Crippen LogP contribution in [-0.4, -0.2) is 31.5 Å². The summed E-state index contributed by atoms with van der Waals surface area (Å²) in [6, 6.07) is 3.80. The minimum absolute atomic E-state index is 0.207. The average Bonchev–Trinajstić information content (AvgIpc) is 2.61. The minimum atomic E-state index is -2.29. The predicted octanol–water partition coefficient (Wildman–Crippen LogP) is 1.76. The third kappa shape index (κ3) is 4.71. The number of halogens is 2. The van der Waals surface area contributed by atoms with Gasteiger partial charge in [0.05, 0.1) is 18.0 Å². The highest BCUT2D eigenvalue weighted by Crippen LogP contribution is 2.17. The van der Waals surface area contributed by atoms with E-state index in [1.807, 2.05) is 12.1 Å². The highest BCUT2D eigenvalue weighted by atomic mass is 32.1. The van der Waals surface area contributed by atoms with Gasteiger partial charge < -0.3 is 5.73 Å².